The Morgan fingerprint density at radius 3 is 2.33 bits per heavy atom. The number of aliphatic hydroxyl groups is 1. The van der Waals surface area contributed by atoms with Gasteiger partial charge in [0.25, 0.3) is 0 Å². The Labute approximate surface area is 109 Å². The van der Waals surface area contributed by atoms with Gasteiger partial charge in [0.2, 0.25) is 0 Å². The van der Waals surface area contributed by atoms with Crippen LogP contribution >= 0.6 is 0 Å². The van der Waals surface area contributed by atoms with Gasteiger partial charge in [-0.2, -0.15) is 0 Å². The summed E-state index contributed by atoms with van der Waals surface area (Å²) < 4.78 is 5.90. The van der Waals surface area contributed by atoms with E-state index >= 15 is 0 Å². The van der Waals surface area contributed by atoms with E-state index in [-0.39, 0.29) is 17.6 Å². The van der Waals surface area contributed by atoms with E-state index in [2.05, 4.69) is 25.8 Å². The van der Waals surface area contributed by atoms with Gasteiger partial charge in [-0.15, -0.1) is 0 Å². The van der Waals surface area contributed by atoms with Crippen LogP contribution < -0.4 is 4.74 Å². The highest BCUT2D eigenvalue weighted by molar-refractivity contribution is 5.23. The molecule has 0 amide bonds. The molecule has 18 heavy (non-hydrogen) atoms. The highest BCUT2D eigenvalue weighted by Crippen LogP contribution is 2.25. The predicted octanol–water partition coefficient (Wildman–Crippen LogP) is 3.06. The van der Waals surface area contributed by atoms with Gasteiger partial charge in [-0.05, 0) is 37.8 Å². The average Bonchev–Trinajstić information content (AvgIpc) is 2.32. The molecule has 100 valence electrons. The van der Waals surface area contributed by atoms with Crippen molar-refractivity contribution in [1.29, 1.82) is 0 Å². The molecule has 0 atom stereocenters. The van der Waals surface area contributed by atoms with E-state index in [0.717, 1.165) is 37.1 Å². The van der Waals surface area contributed by atoms with Crippen LogP contribution in [0.5, 0.6) is 5.75 Å². The predicted molar refractivity (Wildman–Crippen MR) is 71.8 cm³/mol. The topological polar surface area (TPSA) is 42.4 Å². The maximum atomic E-state index is 9.45. The molecule has 0 bridgehead atoms. The molecule has 0 radical (unpaired) electrons. The van der Waals surface area contributed by atoms with Gasteiger partial charge in [-0.1, -0.05) is 20.8 Å². The van der Waals surface area contributed by atoms with E-state index in [1.807, 2.05) is 18.3 Å². The van der Waals surface area contributed by atoms with Gasteiger partial charge in [0.1, 0.15) is 5.75 Å². The molecule has 1 aliphatic rings. The molecular weight excluding hydrogens is 226 g/mol. The van der Waals surface area contributed by atoms with Crippen LogP contribution in [0.2, 0.25) is 0 Å². The van der Waals surface area contributed by atoms with Gasteiger partial charge in [-0.3, -0.25) is 4.98 Å². The van der Waals surface area contributed by atoms with Crippen LogP contribution in [0.1, 0.15) is 52.1 Å². The van der Waals surface area contributed by atoms with Crippen molar-refractivity contribution in [2.45, 2.75) is 64.1 Å². The standard InChI is InChI=1S/C15H23NO2/c1-15(2,3)14-9-8-13(10-16-14)18-12-6-4-11(17)5-7-12/h8-12,17H,4-7H2,1-3H3/t11-,12-. The van der Waals surface area contributed by atoms with Crippen molar-refractivity contribution in [2.75, 3.05) is 0 Å². The third-order valence-electron chi connectivity index (χ3n) is 3.45. The van der Waals surface area contributed by atoms with Gasteiger partial charge in [0, 0.05) is 11.1 Å². The number of rotatable bonds is 2. The minimum Gasteiger partial charge on any atom is -0.489 e. The van der Waals surface area contributed by atoms with Crippen LogP contribution in [0.15, 0.2) is 18.3 Å². The average molecular weight is 249 g/mol. The molecule has 1 aromatic heterocycles. The molecule has 0 aromatic carbocycles. The van der Waals surface area contributed by atoms with Crippen molar-refractivity contribution >= 4 is 0 Å². The van der Waals surface area contributed by atoms with E-state index in [4.69, 9.17) is 4.74 Å². The highest BCUT2D eigenvalue weighted by atomic mass is 16.5. The smallest absolute Gasteiger partial charge is 0.138 e. The summed E-state index contributed by atoms with van der Waals surface area (Å²) in [6, 6.07) is 4.03. The molecule has 3 heteroatoms. The Morgan fingerprint density at radius 1 is 1.17 bits per heavy atom. The maximum absolute atomic E-state index is 9.45. The van der Waals surface area contributed by atoms with Crippen molar-refractivity contribution < 1.29 is 9.84 Å². The first-order valence-electron chi connectivity index (χ1n) is 6.76. The van der Waals surface area contributed by atoms with Crippen LogP contribution in [0.3, 0.4) is 0 Å². The normalized spacial score (nSPS) is 24.9. The van der Waals surface area contributed by atoms with E-state index in [9.17, 15) is 5.11 Å². The fourth-order valence-corrected chi connectivity index (χ4v) is 2.25. The SMILES string of the molecule is CC(C)(C)c1ccc(O[C@H]2CC[C@H](O)CC2)cn1. The monoisotopic (exact) mass is 249 g/mol. The summed E-state index contributed by atoms with van der Waals surface area (Å²) in [4.78, 5) is 4.46. The van der Waals surface area contributed by atoms with E-state index < -0.39 is 0 Å². The molecule has 0 unspecified atom stereocenters. The third kappa shape index (κ3) is 3.45. The molecule has 1 aliphatic carbocycles. The molecular formula is C15H23NO2. The Bertz CT molecular complexity index is 372. The lowest BCUT2D eigenvalue weighted by molar-refractivity contribution is 0.0664. The van der Waals surface area contributed by atoms with Crippen molar-refractivity contribution in [2.24, 2.45) is 0 Å². The summed E-state index contributed by atoms with van der Waals surface area (Å²) in [6.07, 6.45) is 5.47. The lowest BCUT2D eigenvalue weighted by Crippen LogP contribution is -2.26. The lowest BCUT2D eigenvalue weighted by Gasteiger charge is -2.26. The molecule has 2 rings (SSSR count). The minimum atomic E-state index is -0.133. The lowest BCUT2D eigenvalue weighted by atomic mass is 9.92. The second kappa shape index (κ2) is 5.27. The number of hydrogen-bond donors (Lipinski definition) is 1. The third-order valence-corrected chi connectivity index (χ3v) is 3.45. The van der Waals surface area contributed by atoms with Gasteiger partial charge in [-0.25, -0.2) is 0 Å². The largest absolute Gasteiger partial charge is 0.489 e. The Kier molecular flexibility index (Phi) is 3.91. The van der Waals surface area contributed by atoms with Crippen molar-refractivity contribution in [1.82, 2.24) is 4.98 Å². The molecule has 0 saturated heterocycles. The molecule has 1 N–H and O–H groups in total. The van der Waals surface area contributed by atoms with E-state index in [0.29, 0.717) is 0 Å². The van der Waals surface area contributed by atoms with Crippen LogP contribution in [0, 0.1) is 0 Å². The van der Waals surface area contributed by atoms with Gasteiger partial charge < -0.3 is 9.84 Å². The quantitative estimate of drug-likeness (QED) is 0.876. The summed E-state index contributed by atoms with van der Waals surface area (Å²) in [6.45, 7) is 6.45. The zero-order valence-corrected chi connectivity index (χ0v) is 11.5. The Balaban J connectivity index is 1.94. The summed E-state index contributed by atoms with van der Waals surface area (Å²) in [5, 5.41) is 9.45. The summed E-state index contributed by atoms with van der Waals surface area (Å²) in [7, 11) is 0. The summed E-state index contributed by atoms with van der Waals surface area (Å²) >= 11 is 0. The molecule has 1 heterocycles. The first-order valence-corrected chi connectivity index (χ1v) is 6.76. The van der Waals surface area contributed by atoms with Gasteiger partial charge >= 0.3 is 0 Å². The number of aliphatic hydroxyl groups excluding tert-OH is 1. The zero-order valence-electron chi connectivity index (χ0n) is 11.5. The fraction of sp³-hybridized carbons (Fsp3) is 0.667. The first kappa shape index (κ1) is 13.3. The van der Waals surface area contributed by atoms with Crippen LogP contribution in [0.25, 0.3) is 0 Å². The van der Waals surface area contributed by atoms with Crippen molar-refractivity contribution in [3.8, 4) is 5.75 Å². The molecule has 1 fully saturated rings. The van der Waals surface area contributed by atoms with Crippen molar-refractivity contribution in [3.63, 3.8) is 0 Å². The number of aromatic nitrogens is 1. The van der Waals surface area contributed by atoms with Crippen LogP contribution in [-0.2, 0) is 5.41 Å². The molecule has 3 nitrogen and oxygen atoms in total. The fourth-order valence-electron chi connectivity index (χ4n) is 2.25. The first-order chi connectivity index (χ1) is 8.45. The van der Waals surface area contributed by atoms with Gasteiger partial charge in [0.05, 0.1) is 18.4 Å². The van der Waals surface area contributed by atoms with Crippen LogP contribution in [0.4, 0.5) is 0 Å². The second-order valence-corrected chi connectivity index (χ2v) is 6.18. The Morgan fingerprint density at radius 2 is 1.83 bits per heavy atom. The summed E-state index contributed by atoms with van der Waals surface area (Å²) in [5.41, 5.74) is 1.15. The molecule has 0 aliphatic heterocycles. The molecule has 1 aromatic rings. The molecule has 1 saturated carbocycles. The minimum absolute atomic E-state index is 0.0769. The molecule has 0 spiro atoms. The highest BCUT2D eigenvalue weighted by Gasteiger charge is 2.21. The summed E-state index contributed by atoms with van der Waals surface area (Å²) in [5.74, 6) is 0.837. The van der Waals surface area contributed by atoms with E-state index in [1.54, 1.807) is 0 Å². The number of nitrogens with zero attached hydrogens (tertiary/aromatic N) is 1. The van der Waals surface area contributed by atoms with E-state index in [1.165, 1.54) is 0 Å². The van der Waals surface area contributed by atoms with Crippen molar-refractivity contribution in [3.05, 3.63) is 24.0 Å². The van der Waals surface area contributed by atoms with Crippen LogP contribution in [-0.4, -0.2) is 22.3 Å². The second-order valence-electron chi connectivity index (χ2n) is 6.18. The number of ether oxygens (including phenoxy) is 1. The van der Waals surface area contributed by atoms with Gasteiger partial charge in [0.15, 0.2) is 0 Å². The number of pyridine rings is 1. The maximum Gasteiger partial charge on any atom is 0.138 e. The number of hydrogen-bond acceptors (Lipinski definition) is 3. The Hall–Kier alpha value is -1.09. The zero-order chi connectivity index (χ0) is 13.2.